The Kier molecular flexibility index (Phi) is 5.15. The van der Waals surface area contributed by atoms with Crippen molar-refractivity contribution < 1.29 is 9.90 Å². The molecule has 0 saturated heterocycles. The lowest BCUT2D eigenvalue weighted by Gasteiger charge is -2.27. The van der Waals surface area contributed by atoms with Crippen LogP contribution in [0.5, 0.6) is 0 Å². The lowest BCUT2D eigenvalue weighted by atomic mass is 9.94. The molecule has 1 rings (SSSR count). The van der Waals surface area contributed by atoms with E-state index in [2.05, 4.69) is 21.2 Å². The number of nitrogens with one attached hydrogen (secondary N) is 1. The van der Waals surface area contributed by atoms with Gasteiger partial charge in [-0.1, -0.05) is 28.1 Å². The minimum Gasteiger partial charge on any atom is -0.396 e. The van der Waals surface area contributed by atoms with Crippen LogP contribution in [-0.4, -0.2) is 17.6 Å². The van der Waals surface area contributed by atoms with E-state index in [0.717, 1.165) is 10.0 Å². The van der Waals surface area contributed by atoms with Gasteiger partial charge in [-0.25, -0.2) is 0 Å². The minimum atomic E-state index is -0.396. The number of carbonyl (C=O) groups is 1. The summed E-state index contributed by atoms with van der Waals surface area (Å²) < 4.78 is 1.02. The maximum atomic E-state index is 11.6. The topological polar surface area (TPSA) is 49.3 Å². The number of rotatable bonds is 5. The summed E-state index contributed by atoms with van der Waals surface area (Å²) in [4.78, 5) is 11.6. The van der Waals surface area contributed by atoms with Crippen LogP contribution in [0, 0.1) is 0 Å². The molecule has 0 aromatic heterocycles. The third-order valence-corrected chi connectivity index (χ3v) is 3.11. The van der Waals surface area contributed by atoms with E-state index in [-0.39, 0.29) is 12.5 Å². The molecule has 0 aliphatic rings. The van der Waals surface area contributed by atoms with Gasteiger partial charge >= 0.3 is 0 Å². The summed E-state index contributed by atoms with van der Waals surface area (Å²) in [6.45, 7) is 3.98. The summed E-state index contributed by atoms with van der Waals surface area (Å²) in [7, 11) is 0. The van der Waals surface area contributed by atoms with Crippen molar-refractivity contribution in [1.29, 1.82) is 0 Å². The average molecular weight is 300 g/mol. The normalized spacial score (nSPS) is 11.3. The molecule has 0 unspecified atom stereocenters. The molecule has 0 radical (unpaired) electrons. The van der Waals surface area contributed by atoms with Gasteiger partial charge in [0.25, 0.3) is 0 Å². The third-order valence-electron chi connectivity index (χ3n) is 2.58. The van der Waals surface area contributed by atoms with Crippen LogP contribution in [0.3, 0.4) is 0 Å². The van der Waals surface area contributed by atoms with Gasteiger partial charge in [0.05, 0.1) is 5.54 Å². The van der Waals surface area contributed by atoms with Crippen LogP contribution < -0.4 is 5.32 Å². The van der Waals surface area contributed by atoms with Crippen molar-refractivity contribution in [3.05, 3.63) is 34.3 Å². The Hall–Kier alpha value is -0.870. The lowest BCUT2D eigenvalue weighted by molar-refractivity contribution is -0.123. The van der Waals surface area contributed by atoms with Crippen molar-refractivity contribution in [2.45, 2.75) is 32.2 Å². The van der Waals surface area contributed by atoms with Crippen molar-refractivity contribution >= 4 is 21.8 Å². The van der Waals surface area contributed by atoms with Crippen LogP contribution in [0.25, 0.3) is 0 Å². The summed E-state index contributed by atoms with van der Waals surface area (Å²) >= 11 is 3.38. The maximum absolute atomic E-state index is 11.6. The van der Waals surface area contributed by atoms with Gasteiger partial charge in [-0.3, -0.25) is 4.79 Å². The number of carbonyl (C=O) groups excluding carboxylic acids is 1. The molecule has 17 heavy (non-hydrogen) atoms. The van der Waals surface area contributed by atoms with E-state index in [9.17, 15) is 4.79 Å². The molecule has 94 valence electrons. The highest BCUT2D eigenvalue weighted by Crippen LogP contribution is 2.22. The molecule has 1 aromatic rings. The molecule has 2 N–H and O–H groups in total. The molecule has 4 heteroatoms. The van der Waals surface area contributed by atoms with Gasteiger partial charge in [0.15, 0.2) is 0 Å². The third kappa shape index (κ3) is 4.48. The predicted octanol–water partition coefficient (Wildman–Crippen LogP) is 2.57. The number of halogens is 1. The molecule has 0 atom stereocenters. The molecule has 0 heterocycles. The molecular formula is C13H18BrNO2. The molecular weight excluding hydrogens is 282 g/mol. The molecule has 0 saturated carbocycles. The first kappa shape index (κ1) is 14.2. The van der Waals surface area contributed by atoms with E-state index in [4.69, 9.17) is 5.11 Å². The highest BCUT2D eigenvalue weighted by Gasteiger charge is 2.22. The van der Waals surface area contributed by atoms with Crippen LogP contribution in [0.2, 0.25) is 0 Å². The van der Waals surface area contributed by atoms with E-state index in [1.54, 1.807) is 0 Å². The number of hydrogen-bond donors (Lipinski definition) is 2. The Morgan fingerprint density at radius 1 is 1.35 bits per heavy atom. The van der Waals surface area contributed by atoms with Crippen molar-refractivity contribution in [2.24, 2.45) is 0 Å². The summed E-state index contributed by atoms with van der Waals surface area (Å²) in [5.41, 5.74) is 0.658. The summed E-state index contributed by atoms with van der Waals surface area (Å²) in [6.07, 6.45) is 0.860. The highest BCUT2D eigenvalue weighted by atomic mass is 79.9. The molecule has 0 aliphatic carbocycles. The highest BCUT2D eigenvalue weighted by molar-refractivity contribution is 9.10. The number of aliphatic hydroxyl groups is 1. The van der Waals surface area contributed by atoms with Gasteiger partial charge in [0.1, 0.15) is 0 Å². The van der Waals surface area contributed by atoms with Crippen LogP contribution in [0.4, 0.5) is 0 Å². The Labute approximate surface area is 110 Å². The summed E-state index contributed by atoms with van der Waals surface area (Å²) in [5.74, 6) is -0.0352. The van der Waals surface area contributed by atoms with Gasteiger partial charge < -0.3 is 10.4 Å². The molecule has 1 amide bonds. The monoisotopic (exact) mass is 299 g/mol. The van der Waals surface area contributed by atoms with Gasteiger partial charge in [0.2, 0.25) is 5.91 Å². The van der Waals surface area contributed by atoms with E-state index in [0.29, 0.717) is 12.8 Å². The Balaban J connectivity index is 2.67. The second-order valence-corrected chi connectivity index (χ2v) is 5.42. The standard InChI is InChI=1S/C13H18BrNO2/c1-13(2,15-12(17)4-3-9-16)10-5-7-11(14)8-6-10/h5-8,16H,3-4,9H2,1-2H3,(H,15,17). The largest absolute Gasteiger partial charge is 0.396 e. The first-order valence-corrected chi connectivity index (χ1v) is 6.43. The zero-order valence-electron chi connectivity index (χ0n) is 10.2. The lowest BCUT2D eigenvalue weighted by Crippen LogP contribution is -2.40. The van der Waals surface area contributed by atoms with E-state index >= 15 is 0 Å². The van der Waals surface area contributed by atoms with E-state index in [1.165, 1.54) is 0 Å². The van der Waals surface area contributed by atoms with E-state index in [1.807, 2.05) is 38.1 Å². The quantitative estimate of drug-likeness (QED) is 0.878. The van der Waals surface area contributed by atoms with Gasteiger partial charge in [-0.2, -0.15) is 0 Å². The Morgan fingerprint density at radius 2 is 1.94 bits per heavy atom. The fraction of sp³-hybridized carbons (Fsp3) is 0.462. The molecule has 3 nitrogen and oxygen atoms in total. The fourth-order valence-corrected chi connectivity index (χ4v) is 1.85. The number of amides is 1. The number of hydrogen-bond acceptors (Lipinski definition) is 2. The van der Waals surface area contributed by atoms with Crippen LogP contribution in [0.1, 0.15) is 32.3 Å². The van der Waals surface area contributed by atoms with Crippen LogP contribution in [0.15, 0.2) is 28.7 Å². The second kappa shape index (κ2) is 6.17. The van der Waals surface area contributed by atoms with Gasteiger partial charge in [-0.05, 0) is 38.0 Å². The number of aliphatic hydroxyl groups excluding tert-OH is 1. The van der Waals surface area contributed by atoms with Gasteiger partial charge in [-0.15, -0.1) is 0 Å². The summed E-state index contributed by atoms with van der Waals surface area (Å²) in [5, 5.41) is 11.6. The molecule has 0 fully saturated rings. The second-order valence-electron chi connectivity index (χ2n) is 4.51. The van der Waals surface area contributed by atoms with E-state index < -0.39 is 5.54 Å². The first-order chi connectivity index (χ1) is 7.95. The zero-order chi connectivity index (χ0) is 12.9. The van der Waals surface area contributed by atoms with Crippen molar-refractivity contribution in [3.63, 3.8) is 0 Å². The Morgan fingerprint density at radius 3 is 2.47 bits per heavy atom. The van der Waals surface area contributed by atoms with Crippen molar-refractivity contribution in [3.8, 4) is 0 Å². The fourth-order valence-electron chi connectivity index (χ4n) is 1.59. The molecule has 0 aliphatic heterocycles. The van der Waals surface area contributed by atoms with Crippen LogP contribution >= 0.6 is 15.9 Å². The molecule has 1 aromatic carbocycles. The summed E-state index contributed by atoms with van der Waals surface area (Å²) in [6, 6.07) is 7.88. The van der Waals surface area contributed by atoms with Crippen LogP contribution in [-0.2, 0) is 10.3 Å². The number of benzene rings is 1. The Bertz CT molecular complexity index is 374. The maximum Gasteiger partial charge on any atom is 0.220 e. The molecule has 0 spiro atoms. The smallest absolute Gasteiger partial charge is 0.220 e. The SMILES string of the molecule is CC(C)(NC(=O)CCCO)c1ccc(Br)cc1. The average Bonchev–Trinajstić information content (AvgIpc) is 2.26. The minimum absolute atomic E-state index is 0.0352. The zero-order valence-corrected chi connectivity index (χ0v) is 11.8. The molecule has 0 bridgehead atoms. The predicted molar refractivity (Wildman–Crippen MR) is 71.6 cm³/mol. The van der Waals surface area contributed by atoms with Crippen molar-refractivity contribution in [2.75, 3.05) is 6.61 Å². The first-order valence-electron chi connectivity index (χ1n) is 5.63. The van der Waals surface area contributed by atoms with Crippen molar-refractivity contribution in [1.82, 2.24) is 5.32 Å². The van der Waals surface area contributed by atoms with Gasteiger partial charge in [0, 0.05) is 17.5 Å².